The lowest BCUT2D eigenvalue weighted by Gasteiger charge is -2.15. The average molecular weight is 270 g/mol. The summed E-state index contributed by atoms with van der Waals surface area (Å²) in [5, 5.41) is 12.5. The fourth-order valence-electron chi connectivity index (χ4n) is 2.07. The zero-order chi connectivity index (χ0) is 14.4. The van der Waals surface area contributed by atoms with E-state index < -0.39 is 0 Å². The summed E-state index contributed by atoms with van der Waals surface area (Å²) in [6.07, 6.45) is 3.82. The molecule has 0 fully saturated rings. The molecule has 1 aromatic carbocycles. The highest BCUT2D eigenvalue weighted by Gasteiger charge is 2.15. The van der Waals surface area contributed by atoms with Gasteiger partial charge < -0.3 is 5.32 Å². The normalized spacial score (nSPS) is 12.3. The van der Waals surface area contributed by atoms with Gasteiger partial charge in [-0.25, -0.2) is 0 Å². The molecule has 1 unspecified atom stereocenters. The van der Waals surface area contributed by atoms with Gasteiger partial charge in [-0.2, -0.15) is 15.0 Å². The molecule has 2 aromatic rings. The summed E-state index contributed by atoms with van der Waals surface area (Å²) in [6, 6.07) is 10.1. The first-order chi connectivity index (χ1) is 9.70. The standard InChI is InChI=1S/C16H22N4/c1-4-10-17-15(11-13(2)3)16-12-18-20(19-16)14-8-6-5-7-9-14/h5-9,12,15,17H,2,4,10-11H2,1,3H3. The first-order valence-electron chi connectivity index (χ1n) is 7.06. The van der Waals surface area contributed by atoms with Gasteiger partial charge in [0.15, 0.2) is 0 Å². The number of rotatable bonds is 7. The number of nitrogens with zero attached hydrogens (tertiary/aromatic N) is 3. The number of aromatic nitrogens is 3. The molecule has 0 radical (unpaired) electrons. The highest BCUT2D eigenvalue weighted by atomic mass is 15.5. The molecule has 0 saturated heterocycles. The predicted octanol–water partition coefficient (Wildman–Crippen LogP) is 3.27. The molecule has 0 saturated carbocycles. The smallest absolute Gasteiger partial charge is 0.100 e. The monoisotopic (exact) mass is 270 g/mol. The van der Waals surface area contributed by atoms with Crippen molar-refractivity contribution < 1.29 is 0 Å². The van der Waals surface area contributed by atoms with Crippen molar-refractivity contribution in [1.82, 2.24) is 20.3 Å². The summed E-state index contributed by atoms with van der Waals surface area (Å²) >= 11 is 0. The maximum atomic E-state index is 4.59. The molecular weight excluding hydrogens is 248 g/mol. The molecule has 0 aliphatic heterocycles. The Labute approximate surface area is 120 Å². The second kappa shape index (κ2) is 7.01. The van der Waals surface area contributed by atoms with Gasteiger partial charge in [-0.05, 0) is 38.4 Å². The lowest BCUT2D eigenvalue weighted by Crippen LogP contribution is -2.23. The Morgan fingerprint density at radius 3 is 2.75 bits per heavy atom. The van der Waals surface area contributed by atoms with E-state index in [0.717, 1.165) is 36.3 Å². The second-order valence-corrected chi connectivity index (χ2v) is 5.06. The Morgan fingerprint density at radius 2 is 2.10 bits per heavy atom. The minimum atomic E-state index is 0.185. The molecule has 1 aromatic heterocycles. The van der Waals surface area contributed by atoms with Gasteiger partial charge in [-0.15, -0.1) is 6.58 Å². The van der Waals surface area contributed by atoms with Crippen LogP contribution in [0.4, 0.5) is 0 Å². The summed E-state index contributed by atoms with van der Waals surface area (Å²) in [5.74, 6) is 0. The lowest BCUT2D eigenvalue weighted by molar-refractivity contribution is 0.512. The Balaban J connectivity index is 2.17. The van der Waals surface area contributed by atoms with Gasteiger partial charge in [-0.3, -0.25) is 0 Å². The Kier molecular flexibility index (Phi) is 5.07. The van der Waals surface area contributed by atoms with E-state index in [9.17, 15) is 0 Å². The molecule has 1 N–H and O–H groups in total. The fraction of sp³-hybridized carbons (Fsp3) is 0.375. The van der Waals surface area contributed by atoms with Gasteiger partial charge in [0.25, 0.3) is 0 Å². The largest absolute Gasteiger partial charge is 0.308 e. The molecule has 1 heterocycles. The molecule has 4 nitrogen and oxygen atoms in total. The number of nitrogens with one attached hydrogen (secondary N) is 1. The van der Waals surface area contributed by atoms with E-state index in [4.69, 9.17) is 0 Å². The Morgan fingerprint density at radius 1 is 1.35 bits per heavy atom. The van der Waals surface area contributed by atoms with Crippen LogP contribution in [0.15, 0.2) is 48.7 Å². The molecule has 2 rings (SSSR count). The van der Waals surface area contributed by atoms with Crippen LogP contribution < -0.4 is 5.32 Å². The molecule has 0 spiro atoms. The van der Waals surface area contributed by atoms with Crippen LogP contribution in [0.3, 0.4) is 0 Å². The predicted molar refractivity (Wildman–Crippen MR) is 81.8 cm³/mol. The van der Waals surface area contributed by atoms with Gasteiger partial charge in [0.2, 0.25) is 0 Å². The Bertz CT molecular complexity index is 545. The fourth-order valence-corrected chi connectivity index (χ4v) is 2.07. The summed E-state index contributed by atoms with van der Waals surface area (Å²) in [5.41, 5.74) is 3.08. The molecule has 0 bridgehead atoms. The second-order valence-electron chi connectivity index (χ2n) is 5.06. The van der Waals surface area contributed by atoms with Crippen LogP contribution in [-0.2, 0) is 0 Å². The van der Waals surface area contributed by atoms with E-state index in [1.54, 1.807) is 4.80 Å². The maximum absolute atomic E-state index is 4.59. The van der Waals surface area contributed by atoms with Crippen LogP contribution in [0.25, 0.3) is 5.69 Å². The molecule has 106 valence electrons. The van der Waals surface area contributed by atoms with Gasteiger partial charge in [0.05, 0.1) is 17.9 Å². The zero-order valence-corrected chi connectivity index (χ0v) is 12.2. The maximum Gasteiger partial charge on any atom is 0.100 e. The van der Waals surface area contributed by atoms with Crippen molar-refractivity contribution in [2.75, 3.05) is 6.54 Å². The highest BCUT2D eigenvalue weighted by Crippen LogP contribution is 2.18. The van der Waals surface area contributed by atoms with Gasteiger partial charge in [-0.1, -0.05) is 30.7 Å². The topological polar surface area (TPSA) is 42.7 Å². The molecule has 0 aliphatic rings. The third-order valence-electron chi connectivity index (χ3n) is 3.05. The summed E-state index contributed by atoms with van der Waals surface area (Å²) in [7, 11) is 0. The average Bonchev–Trinajstić information content (AvgIpc) is 2.94. The minimum absolute atomic E-state index is 0.185. The van der Waals surface area contributed by atoms with Crippen molar-refractivity contribution in [3.05, 3.63) is 54.4 Å². The van der Waals surface area contributed by atoms with Gasteiger partial charge in [0, 0.05) is 0 Å². The molecule has 20 heavy (non-hydrogen) atoms. The number of benzene rings is 1. The van der Waals surface area contributed by atoms with E-state index in [-0.39, 0.29) is 6.04 Å². The lowest BCUT2D eigenvalue weighted by atomic mass is 10.1. The van der Waals surface area contributed by atoms with E-state index in [1.165, 1.54) is 0 Å². The van der Waals surface area contributed by atoms with Crippen LogP contribution in [0.1, 0.15) is 38.4 Å². The molecular formula is C16H22N4. The summed E-state index contributed by atoms with van der Waals surface area (Å²) in [4.78, 5) is 1.67. The minimum Gasteiger partial charge on any atom is -0.308 e. The van der Waals surface area contributed by atoms with Crippen LogP contribution in [0.5, 0.6) is 0 Å². The zero-order valence-electron chi connectivity index (χ0n) is 12.2. The summed E-state index contributed by atoms with van der Waals surface area (Å²) in [6.45, 7) is 9.17. The molecule has 1 atom stereocenters. The molecule has 4 heteroatoms. The van der Waals surface area contributed by atoms with Crippen LogP contribution >= 0.6 is 0 Å². The van der Waals surface area contributed by atoms with Crippen molar-refractivity contribution in [1.29, 1.82) is 0 Å². The SMILES string of the molecule is C=C(C)CC(NCCC)c1cnn(-c2ccccc2)n1. The van der Waals surface area contributed by atoms with E-state index in [0.29, 0.717) is 0 Å². The highest BCUT2D eigenvalue weighted by molar-refractivity contribution is 5.28. The van der Waals surface area contributed by atoms with Gasteiger partial charge >= 0.3 is 0 Å². The van der Waals surface area contributed by atoms with Crippen LogP contribution in [-0.4, -0.2) is 21.5 Å². The quantitative estimate of drug-likeness (QED) is 0.785. The van der Waals surface area contributed by atoms with Crippen molar-refractivity contribution in [2.45, 2.75) is 32.7 Å². The number of hydrogen-bond acceptors (Lipinski definition) is 3. The van der Waals surface area contributed by atoms with Crippen molar-refractivity contribution in [3.8, 4) is 5.69 Å². The van der Waals surface area contributed by atoms with Crippen LogP contribution in [0.2, 0.25) is 0 Å². The van der Waals surface area contributed by atoms with Gasteiger partial charge in [0.1, 0.15) is 5.69 Å². The molecule has 0 amide bonds. The first-order valence-corrected chi connectivity index (χ1v) is 7.06. The van der Waals surface area contributed by atoms with Crippen molar-refractivity contribution in [3.63, 3.8) is 0 Å². The Hall–Kier alpha value is -1.94. The number of para-hydroxylation sites is 1. The third kappa shape index (κ3) is 3.78. The summed E-state index contributed by atoms with van der Waals surface area (Å²) < 4.78 is 0. The van der Waals surface area contributed by atoms with E-state index >= 15 is 0 Å². The van der Waals surface area contributed by atoms with Crippen LogP contribution in [0, 0.1) is 0 Å². The number of hydrogen-bond donors (Lipinski definition) is 1. The van der Waals surface area contributed by atoms with Crippen molar-refractivity contribution >= 4 is 0 Å². The molecule has 0 aliphatic carbocycles. The van der Waals surface area contributed by atoms with E-state index in [1.807, 2.05) is 43.5 Å². The first kappa shape index (κ1) is 14.5. The van der Waals surface area contributed by atoms with Crippen molar-refractivity contribution in [2.24, 2.45) is 0 Å². The third-order valence-corrected chi connectivity index (χ3v) is 3.05. The van der Waals surface area contributed by atoms with E-state index in [2.05, 4.69) is 29.0 Å².